The Hall–Kier alpha value is -2.03. The van der Waals surface area contributed by atoms with E-state index in [4.69, 9.17) is 9.84 Å². The molecule has 0 aliphatic rings. The van der Waals surface area contributed by atoms with Gasteiger partial charge in [-0.3, -0.25) is 4.79 Å². The van der Waals surface area contributed by atoms with Gasteiger partial charge in [-0.1, -0.05) is 37.3 Å². The van der Waals surface area contributed by atoms with Crippen molar-refractivity contribution in [2.24, 2.45) is 5.92 Å². The van der Waals surface area contributed by atoms with E-state index in [0.717, 1.165) is 11.1 Å². The molecule has 0 saturated heterocycles. The number of benzene rings is 2. The quantitative estimate of drug-likeness (QED) is 0.859. The Morgan fingerprint density at radius 2 is 1.95 bits per heavy atom. The Balaban J connectivity index is 1.96. The van der Waals surface area contributed by atoms with Crippen LogP contribution in [0.4, 0.5) is 0 Å². The van der Waals surface area contributed by atoms with Gasteiger partial charge in [0.05, 0.1) is 12.5 Å². The highest BCUT2D eigenvalue weighted by atomic mass is 16.5. The molecule has 1 unspecified atom stereocenters. The summed E-state index contributed by atoms with van der Waals surface area (Å²) in [4.78, 5) is 10.9. The molecule has 0 bridgehead atoms. The summed E-state index contributed by atoms with van der Waals surface area (Å²) in [7, 11) is 0. The van der Waals surface area contributed by atoms with E-state index in [1.165, 1.54) is 5.39 Å². The van der Waals surface area contributed by atoms with Gasteiger partial charge in [0.15, 0.2) is 0 Å². The second-order valence-electron chi connectivity index (χ2n) is 4.59. The van der Waals surface area contributed by atoms with Gasteiger partial charge >= 0.3 is 5.97 Å². The first-order valence-electron chi connectivity index (χ1n) is 6.55. The van der Waals surface area contributed by atoms with Gasteiger partial charge in [-0.05, 0) is 35.7 Å². The van der Waals surface area contributed by atoms with E-state index >= 15 is 0 Å². The first kappa shape index (κ1) is 13.4. The predicted molar refractivity (Wildman–Crippen MR) is 75.5 cm³/mol. The zero-order chi connectivity index (χ0) is 13.7. The maximum Gasteiger partial charge on any atom is 0.306 e. The lowest BCUT2D eigenvalue weighted by molar-refractivity contribution is -0.142. The molecule has 0 aromatic heterocycles. The molecular formula is C16H18O3. The summed E-state index contributed by atoms with van der Waals surface area (Å²) in [6.07, 6.45) is 1.18. The zero-order valence-electron chi connectivity index (χ0n) is 11.0. The van der Waals surface area contributed by atoms with Gasteiger partial charge in [0.2, 0.25) is 0 Å². The van der Waals surface area contributed by atoms with E-state index < -0.39 is 5.97 Å². The Bertz CT molecular complexity index is 563. The number of hydrogen-bond acceptors (Lipinski definition) is 2. The average molecular weight is 258 g/mol. The van der Waals surface area contributed by atoms with E-state index in [-0.39, 0.29) is 5.92 Å². The Morgan fingerprint density at radius 1 is 1.21 bits per heavy atom. The number of rotatable bonds is 6. The van der Waals surface area contributed by atoms with Gasteiger partial charge in [0.25, 0.3) is 0 Å². The maximum atomic E-state index is 10.9. The molecule has 0 fully saturated rings. The zero-order valence-corrected chi connectivity index (χ0v) is 11.0. The smallest absolute Gasteiger partial charge is 0.306 e. The summed E-state index contributed by atoms with van der Waals surface area (Å²) < 4.78 is 5.63. The fraction of sp³-hybridized carbons (Fsp3) is 0.312. The molecule has 0 aliphatic carbocycles. The van der Waals surface area contributed by atoms with E-state index in [2.05, 4.69) is 6.07 Å². The minimum Gasteiger partial charge on any atom is -0.494 e. The summed E-state index contributed by atoms with van der Waals surface area (Å²) in [5.41, 5.74) is 0. The van der Waals surface area contributed by atoms with Crippen LogP contribution >= 0.6 is 0 Å². The molecule has 1 atom stereocenters. The van der Waals surface area contributed by atoms with Crippen LogP contribution in [0.3, 0.4) is 0 Å². The van der Waals surface area contributed by atoms with Crippen LogP contribution < -0.4 is 4.74 Å². The van der Waals surface area contributed by atoms with Crippen LogP contribution in [-0.2, 0) is 4.79 Å². The molecule has 1 N–H and O–H groups in total. The molecule has 2 aromatic carbocycles. The first-order chi connectivity index (χ1) is 9.20. The summed E-state index contributed by atoms with van der Waals surface area (Å²) in [6.45, 7) is 2.32. The SMILES string of the molecule is CCC(CCOc1ccc2ccccc2c1)C(=O)O. The van der Waals surface area contributed by atoms with E-state index in [1.807, 2.05) is 43.3 Å². The number of carboxylic acid groups (broad SMARTS) is 1. The molecule has 0 aliphatic heterocycles. The second-order valence-corrected chi connectivity index (χ2v) is 4.59. The summed E-state index contributed by atoms with van der Waals surface area (Å²) in [5.74, 6) is -0.274. The molecule has 2 aromatic rings. The largest absolute Gasteiger partial charge is 0.494 e. The van der Waals surface area contributed by atoms with Crippen LogP contribution in [0.1, 0.15) is 19.8 Å². The van der Waals surface area contributed by atoms with E-state index in [1.54, 1.807) is 0 Å². The highest BCUT2D eigenvalue weighted by Crippen LogP contribution is 2.21. The fourth-order valence-electron chi connectivity index (χ4n) is 2.08. The van der Waals surface area contributed by atoms with Gasteiger partial charge in [0, 0.05) is 0 Å². The molecule has 19 heavy (non-hydrogen) atoms. The average Bonchev–Trinajstić information content (AvgIpc) is 2.43. The van der Waals surface area contributed by atoms with Crippen molar-refractivity contribution in [2.75, 3.05) is 6.61 Å². The predicted octanol–water partition coefficient (Wildman–Crippen LogP) is 3.72. The van der Waals surface area contributed by atoms with Gasteiger partial charge in [-0.25, -0.2) is 0 Å². The van der Waals surface area contributed by atoms with Crippen molar-refractivity contribution >= 4 is 16.7 Å². The Kier molecular flexibility index (Phi) is 4.39. The first-order valence-corrected chi connectivity index (χ1v) is 6.55. The number of carbonyl (C=O) groups is 1. The second kappa shape index (κ2) is 6.23. The third-order valence-electron chi connectivity index (χ3n) is 3.30. The molecule has 2 rings (SSSR count). The highest BCUT2D eigenvalue weighted by molar-refractivity contribution is 5.83. The van der Waals surface area contributed by atoms with E-state index in [0.29, 0.717) is 19.4 Å². The molecule has 0 saturated carbocycles. The number of ether oxygens (including phenoxy) is 1. The lowest BCUT2D eigenvalue weighted by atomic mass is 10.0. The molecule has 0 amide bonds. The standard InChI is InChI=1S/C16H18O3/c1-2-12(16(17)18)9-10-19-15-8-7-13-5-3-4-6-14(13)11-15/h3-8,11-12H,2,9-10H2,1H3,(H,17,18). The van der Waals surface area contributed by atoms with Crippen molar-refractivity contribution in [3.63, 3.8) is 0 Å². The monoisotopic (exact) mass is 258 g/mol. The Morgan fingerprint density at radius 3 is 2.63 bits per heavy atom. The van der Waals surface area contributed by atoms with Crippen molar-refractivity contribution in [1.29, 1.82) is 0 Å². The Labute approximate surface area is 112 Å². The van der Waals surface area contributed by atoms with Gasteiger partial charge < -0.3 is 9.84 Å². The molecule has 0 heterocycles. The van der Waals surface area contributed by atoms with Crippen molar-refractivity contribution < 1.29 is 14.6 Å². The minimum atomic E-state index is -0.746. The lowest BCUT2D eigenvalue weighted by Crippen LogP contribution is -2.15. The van der Waals surface area contributed by atoms with Crippen molar-refractivity contribution in [2.45, 2.75) is 19.8 Å². The minimum absolute atomic E-state index is 0.319. The summed E-state index contributed by atoms with van der Waals surface area (Å²) in [6, 6.07) is 14.0. The third kappa shape index (κ3) is 3.47. The normalized spacial score (nSPS) is 12.3. The molecule has 100 valence electrons. The van der Waals surface area contributed by atoms with E-state index in [9.17, 15) is 4.79 Å². The molecule has 0 radical (unpaired) electrons. The number of aliphatic carboxylic acids is 1. The van der Waals surface area contributed by atoms with Crippen LogP contribution in [0, 0.1) is 5.92 Å². The van der Waals surface area contributed by atoms with Gasteiger partial charge in [-0.2, -0.15) is 0 Å². The number of hydrogen-bond donors (Lipinski definition) is 1. The van der Waals surface area contributed by atoms with Crippen LogP contribution in [0.25, 0.3) is 10.8 Å². The van der Waals surface area contributed by atoms with Crippen molar-refractivity contribution in [1.82, 2.24) is 0 Å². The molecular weight excluding hydrogens is 240 g/mol. The topological polar surface area (TPSA) is 46.5 Å². The van der Waals surface area contributed by atoms with Gasteiger partial charge in [0.1, 0.15) is 5.75 Å². The van der Waals surface area contributed by atoms with Crippen LogP contribution in [0.5, 0.6) is 5.75 Å². The highest BCUT2D eigenvalue weighted by Gasteiger charge is 2.14. The van der Waals surface area contributed by atoms with Crippen LogP contribution in [0.2, 0.25) is 0 Å². The summed E-state index contributed by atoms with van der Waals surface area (Å²) >= 11 is 0. The van der Waals surface area contributed by atoms with Crippen LogP contribution in [0.15, 0.2) is 42.5 Å². The van der Waals surface area contributed by atoms with Crippen molar-refractivity contribution in [3.05, 3.63) is 42.5 Å². The molecule has 0 spiro atoms. The fourth-order valence-corrected chi connectivity index (χ4v) is 2.08. The van der Waals surface area contributed by atoms with Crippen LogP contribution in [-0.4, -0.2) is 17.7 Å². The molecule has 3 nitrogen and oxygen atoms in total. The number of fused-ring (bicyclic) bond motifs is 1. The molecule has 3 heteroatoms. The van der Waals surface area contributed by atoms with Crippen molar-refractivity contribution in [3.8, 4) is 5.75 Å². The maximum absolute atomic E-state index is 10.9. The summed E-state index contributed by atoms with van der Waals surface area (Å²) in [5, 5.41) is 11.3. The van der Waals surface area contributed by atoms with Gasteiger partial charge in [-0.15, -0.1) is 0 Å². The number of carboxylic acids is 1. The third-order valence-corrected chi connectivity index (χ3v) is 3.30. The lowest BCUT2D eigenvalue weighted by Gasteiger charge is -2.11.